The molecule has 0 saturated heterocycles. The molecule has 1 aliphatic heterocycles. The summed E-state index contributed by atoms with van der Waals surface area (Å²) in [6.45, 7) is 8.51. The number of amides is 2. The van der Waals surface area contributed by atoms with Crippen LogP contribution in [0.4, 0.5) is 10.1 Å². The van der Waals surface area contributed by atoms with Crippen molar-refractivity contribution >= 4 is 40.0 Å². The van der Waals surface area contributed by atoms with E-state index in [1.807, 2.05) is 51.1 Å². The quantitative estimate of drug-likeness (QED) is 0.0933. The van der Waals surface area contributed by atoms with Gasteiger partial charge in [0, 0.05) is 57.6 Å². The summed E-state index contributed by atoms with van der Waals surface area (Å²) in [6.07, 6.45) is 1.45. The van der Waals surface area contributed by atoms with Gasteiger partial charge in [0.1, 0.15) is 18.0 Å². The summed E-state index contributed by atoms with van der Waals surface area (Å²) in [5.74, 6) is -0.243. The molecule has 2 heterocycles. The molecule has 284 valence electrons. The van der Waals surface area contributed by atoms with Crippen molar-refractivity contribution in [3.05, 3.63) is 124 Å². The van der Waals surface area contributed by atoms with Gasteiger partial charge in [-0.3, -0.25) is 9.59 Å². The van der Waals surface area contributed by atoms with Gasteiger partial charge >= 0.3 is 0 Å². The number of aromatic amines is 1. The van der Waals surface area contributed by atoms with Crippen LogP contribution in [0.2, 0.25) is 5.02 Å². The Labute approximate surface area is 321 Å². The van der Waals surface area contributed by atoms with Crippen molar-refractivity contribution < 1.29 is 28.2 Å². The number of rotatable bonds is 15. The number of para-hydroxylation sites is 2. The number of hydrogen-bond donors (Lipinski definition) is 3. The molecule has 6 rings (SSSR count). The van der Waals surface area contributed by atoms with Crippen molar-refractivity contribution in [1.29, 1.82) is 0 Å². The standard InChI is InChI=1S/C43H48ClFN4O5/c1-43(2,3)27-49-36-18-17-30(44)23-33(36)40(54-38(42(49)51)24-39(50)48-26-29-11-5-7-14-34(29)45)32-13-9-16-37(41(32)52-4)53-22-10-20-46-21-19-28-25-47-35-15-8-6-12-31(28)35/h5-9,11-18,23,25,38,40,46-47H,10,19-22,24,26-27H2,1-4H3,(H,48,50)/t38-,40-/m1/s1. The zero-order chi connectivity index (χ0) is 38.2. The Bertz CT molecular complexity index is 2080. The molecule has 0 unspecified atom stereocenters. The summed E-state index contributed by atoms with van der Waals surface area (Å²) in [5.41, 5.74) is 4.39. The maximum atomic E-state index is 14.4. The second-order valence-electron chi connectivity index (χ2n) is 14.7. The van der Waals surface area contributed by atoms with Gasteiger partial charge in [0.15, 0.2) is 11.5 Å². The number of aromatic nitrogens is 1. The van der Waals surface area contributed by atoms with E-state index < -0.39 is 23.9 Å². The summed E-state index contributed by atoms with van der Waals surface area (Å²) in [6, 6.07) is 25.5. The fourth-order valence-corrected chi connectivity index (χ4v) is 6.98. The lowest BCUT2D eigenvalue weighted by molar-refractivity contribution is -0.138. The minimum atomic E-state index is -1.17. The Balaban J connectivity index is 1.19. The first-order valence-electron chi connectivity index (χ1n) is 18.3. The van der Waals surface area contributed by atoms with E-state index in [0.29, 0.717) is 52.1 Å². The summed E-state index contributed by atoms with van der Waals surface area (Å²) < 4.78 is 33.2. The molecule has 0 bridgehead atoms. The number of fused-ring (bicyclic) bond motifs is 2. The van der Waals surface area contributed by atoms with Crippen molar-refractivity contribution in [2.75, 3.05) is 38.3 Å². The predicted molar refractivity (Wildman–Crippen MR) is 211 cm³/mol. The Morgan fingerprint density at radius 3 is 2.57 bits per heavy atom. The van der Waals surface area contributed by atoms with E-state index in [1.165, 1.54) is 17.0 Å². The molecule has 54 heavy (non-hydrogen) atoms. The molecular weight excluding hydrogens is 707 g/mol. The highest BCUT2D eigenvalue weighted by Crippen LogP contribution is 2.45. The number of nitrogens with one attached hydrogen (secondary N) is 3. The molecule has 1 aliphatic rings. The third-order valence-electron chi connectivity index (χ3n) is 9.34. The predicted octanol–water partition coefficient (Wildman–Crippen LogP) is 8.14. The summed E-state index contributed by atoms with van der Waals surface area (Å²) in [7, 11) is 1.57. The second-order valence-corrected chi connectivity index (χ2v) is 15.1. The Morgan fingerprint density at radius 2 is 1.78 bits per heavy atom. The number of carbonyl (C=O) groups is 2. The first-order valence-corrected chi connectivity index (χ1v) is 18.7. The van der Waals surface area contributed by atoms with Gasteiger partial charge in [0.2, 0.25) is 5.91 Å². The minimum absolute atomic E-state index is 0.0236. The van der Waals surface area contributed by atoms with Crippen molar-refractivity contribution in [2.24, 2.45) is 5.41 Å². The molecule has 2 atom stereocenters. The smallest absolute Gasteiger partial charge is 0.256 e. The fourth-order valence-electron chi connectivity index (χ4n) is 6.80. The van der Waals surface area contributed by atoms with Crippen LogP contribution in [0.15, 0.2) is 91.1 Å². The number of nitrogens with zero attached hydrogens (tertiary/aromatic N) is 1. The topological polar surface area (TPSA) is 105 Å². The molecule has 3 N–H and O–H groups in total. The zero-order valence-corrected chi connectivity index (χ0v) is 32.0. The molecule has 0 aliphatic carbocycles. The van der Waals surface area contributed by atoms with Gasteiger partial charge in [-0.1, -0.05) is 80.9 Å². The summed E-state index contributed by atoms with van der Waals surface area (Å²) in [4.78, 5) is 32.7. The molecule has 4 aromatic carbocycles. The van der Waals surface area contributed by atoms with Crippen molar-refractivity contribution in [1.82, 2.24) is 15.6 Å². The van der Waals surface area contributed by atoms with Crippen molar-refractivity contribution in [3.63, 3.8) is 0 Å². The molecule has 9 nitrogen and oxygen atoms in total. The van der Waals surface area contributed by atoms with Crippen LogP contribution in [0.5, 0.6) is 11.5 Å². The third kappa shape index (κ3) is 9.42. The molecule has 0 radical (unpaired) electrons. The van der Waals surface area contributed by atoms with Gasteiger partial charge in [-0.15, -0.1) is 0 Å². The van der Waals surface area contributed by atoms with Gasteiger partial charge in [0.25, 0.3) is 5.91 Å². The average molecular weight is 755 g/mol. The van der Waals surface area contributed by atoms with Crippen LogP contribution < -0.4 is 25.0 Å². The van der Waals surface area contributed by atoms with Crippen LogP contribution in [0.1, 0.15) is 62.0 Å². The highest BCUT2D eigenvalue weighted by atomic mass is 35.5. The average Bonchev–Trinajstić information content (AvgIpc) is 3.53. The van der Waals surface area contributed by atoms with E-state index >= 15 is 0 Å². The normalized spacial score (nSPS) is 15.9. The van der Waals surface area contributed by atoms with Crippen LogP contribution in [-0.2, 0) is 27.3 Å². The van der Waals surface area contributed by atoms with Crippen molar-refractivity contribution in [3.8, 4) is 11.5 Å². The maximum absolute atomic E-state index is 14.4. The molecule has 11 heteroatoms. The lowest BCUT2D eigenvalue weighted by Crippen LogP contribution is -2.45. The number of ether oxygens (including phenoxy) is 3. The number of carbonyl (C=O) groups excluding carboxylic acids is 2. The highest BCUT2D eigenvalue weighted by molar-refractivity contribution is 6.30. The van der Waals surface area contributed by atoms with Crippen molar-refractivity contribution in [2.45, 2.75) is 58.8 Å². The Morgan fingerprint density at radius 1 is 0.981 bits per heavy atom. The van der Waals surface area contributed by atoms with Crippen LogP contribution in [0, 0.1) is 11.2 Å². The Kier molecular flexibility index (Phi) is 12.6. The largest absolute Gasteiger partial charge is 0.492 e. The number of H-pyrrole nitrogens is 1. The second kappa shape index (κ2) is 17.5. The van der Waals surface area contributed by atoms with Gasteiger partial charge in [0.05, 0.1) is 20.1 Å². The molecule has 5 aromatic rings. The first kappa shape index (κ1) is 38.8. The lowest BCUT2D eigenvalue weighted by atomic mass is 9.94. The van der Waals surface area contributed by atoms with E-state index in [0.717, 1.165) is 31.4 Å². The molecule has 0 saturated carbocycles. The maximum Gasteiger partial charge on any atom is 0.256 e. The molecular formula is C43H48ClFN4O5. The minimum Gasteiger partial charge on any atom is -0.492 e. The van der Waals surface area contributed by atoms with Crippen LogP contribution in [0.3, 0.4) is 0 Å². The fraction of sp³-hybridized carbons (Fsp3) is 0.349. The number of benzene rings is 4. The van der Waals surface area contributed by atoms with Crippen LogP contribution in [-0.4, -0.2) is 56.3 Å². The molecule has 1 aromatic heterocycles. The molecule has 0 fully saturated rings. The lowest BCUT2D eigenvalue weighted by Gasteiger charge is -2.31. The van der Waals surface area contributed by atoms with E-state index in [-0.39, 0.29) is 24.3 Å². The number of methoxy groups -OCH3 is 1. The van der Waals surface area contributed by atoms with Gasteiger partial charge < -0.3 is 34.7 Å². The Hall–Kier alpha value is -4.90. The van der Waals surface area contributed by atoms with E-state index in [9.17, 15) is 14.0 Å². The molecule has 0 spiro atoms. The highest BCUT2D eigenvalue weighted by Gasteiger charge is 2.40. The van der Waals surface area contributed by atoms with E-state index in [1.54, 1.807) is 42.3 Å². The van der Waals surface area contributed by atoms with Crippen LogP contribution >= 0.6 is 11.6 Å². The van der Waals surface area contributed by atoms with Crippen LogP contribution in [0.25, 0.3) is 10.9 Å². The summed E-state index contributed by atoms with van der Waals surface area (Å²) >= 11 is 6.60. The number of halogens is 2. The van der Waals surface area contributed by atoms with E-state index in [4.69, 9.17) is 25.8 Å². The SMILES string of the molecule is COc1c(OCCCNCCc2c[nH]c3ccccc23)cccc1[C@H]1O[C@H](CC(=O)NCc2ccccc2F)C(=O)N(CC(C)(C)C)c2ccc(Cl)cc21. The van der Waals surface area contributed by atoms with Gasteiger partial charge in [-0.25, -0.2) is 4.39 Å². The van der Waals surface area contributed by atoms with E-state index in [2.05, 4.69) is 40.0 Å². The first-order chi connectivity index (χ1) is 26.0. The number of anilines is 1. The molecule has 2 amide bonds. The monoisotopic (exact) mass is 754 g/mol. The van der Waals surface area contributed by atoms with Gasteiger partial charge in [-0.05, 0) is 73.3 Å². The number of hydrogen-bond acceptors (Lipinski definition) is 6. The summed E-state index contributed by atoms with van der Waals surface area (Å²) in [5, 5.41) is 7.99. The third-order valence-corrected chi connectivity index (χ3v) is 9.57. The zero-order valence-electron chi connectivity index (χ0n) is 31.2. The van der Waals surface area contributed by atoms with Gasteiger partial charge in [-0.2, -0.15) is 0 Å².